The number of sulfonamides is 1. The third-order valence-corrected chi connectivity index (χ3v) is 7.40. The van der Waals surface area contributed by atoms with Gasteiger partial charge in [0.1, 0.15) is 0 Å². The lowest BCUT2D eigenvalue weighted by atomic mass is 9.96. The lowest BCUT2D eigenvalue weighted by molar-refractivity contribution is 0.0686. The predicted octanol–water partition coefficient (Wildman–Crippen LogP) is 2.35. The van der Waals surface area contributed by atoms with E-state index in [1.165, 1.54) is 4.31 Å². The number of nitrogens with zero attached hydrogens (tertiary/aromatic N) is 2. The number of halogens is 1. The van der Waals surface area contributed by atoms with Crippen molar-refractivity contribution in [1.29, 1.82) is 0 Å². The van der Waals surface area contributed by atoms with Gasteiger partial charge in [0.25, 0.3) is 5.91 Å². The zero-order valence-corrected chi connectivity index (χ0v) is 17.5. The molecule has 0 radical (unpaired) electrons. The standard InChI is InChI=1S/C19H29N3O3S.ClH/c1-20-15-16-9-13-21(14-10-16)19(23)17-7-3-4-8-18(17)26(24,25)22-11-5-2-6-12-22;/h3-4,7-8,16,20H,2,5-6,9-15H2,1H3;1H. The average Bonchev–Trinajstić information content (AvgIpc) is 2.69. The van der Waals surface area contributed by atoms with Crippen LogP contribution >= 0.6 is 12.4 Å². The molecule has 0 bridgehead atoms. The molecule has 1 aromatic carbocycles. The van der Waals surface area contributed by atoms with Gasteiger partial charge in [-0.05, 0) is 57.3 Å². The molecule has 27 heavy (non-hydrogen) atoms. The minimum Gasteiger partial charge on any atom is -0.339 e. The first kappa shape index (κ1) is 22.1. The molecule has 0 atom stereocenters. The Balaban J connectivity index is 0.00000261. The Morgan fingerprint density at radius 3 is 2.33 bits per heavy atom. The van der Waals surface area contributed by atoms with E-state index in [2.05, 4.69) is 5.32 Å². The maximum atomic E-state index is 13.1. The van der Waals surface area contributed by atoms with Crippen LogP contribution in [0.25, 0.3) is 0 Å². The third kappa shape index (κ3) is 5.02. The second kappa shape index (κ2) is 9.87. The zero-order chi connectivity index (χ0) is 18.6. The fraction of sp³-hybridized carbons (Fsp3) is 0.632. The smallest absolute Gasteiger partial charge is 0.255 e. The van der Waals surface area contributed by atoms with Crippen LogP contribution in [-0.2, 0) is 10.0 Å². The summed E-state index contributed by atoms with van der Waals surface area (Å²) in [6, 6.07) is 6.67. The van der Waals surface area contributed by atoms with E-state index in [-0.39, 0.29) is 23.2 Å². The van der Waals surface area contributed by atoms with Gasteiger partial charge in [-0.15, -0.1) is 12.4 Å². The van der Waals surface area contributed by atoms with E-state index >= 15 is 0 Å². The summed E-state index contributed by atoms with van der Waals surface area (Å²) in [5.41, 5.74) is 0.310. The van der Waals surface area contributed by atoms with Crippen molar-refractivity contribution in [2.45, 2.75) is 37.0 Å². The van der Waals surface area contributed by atoms with Crippen LogP contribution in [0.3, 0.4) is 0 Å². The zero-order valence-electron chi connectivity index (χ0n) is 15.9. The lowest BCUT2D eigenvalue weighted by Gasteiger charge is -2.33. The molecule has 2 aliphatic rings. The second-order valence-electron chi connectivity index (χ2n) is 7.25. The van der Waals surface area contributed by atoms with Crippen LogP contribution in [0, 0.1) is 5.92 Å². The number of carbonyl (C=O) groups excluding carboxylic acids is 1. The summed E-state index contributed by atoms with van der Waals surface area (Å²) in [5.74, 6) is 0.417. The van der Waals surface area contributed by atoms with Crippen molar-refractivity contribution in [1.82, 2.24) is 14.5 Å². The van der Waals surface area contributed by atoms with Crippen LogP contribution in [-0.4, -0.2) is 63.3 Å². The van der Waals surface area contributed by atoms with Crippen molar-refractivity contribution >= 4 is 28.3 Å². The molecule has 0 aromatic heterocycles. The van der Waals surface area contributed by atoms with E-state index in [9.17, 15) is 13.2 Å². The van der Waals surface area contributed by atoms with Crippen LogP contribution in [0.15, 0.2) is 29.2 Å². The normalized spacial score (nSPS) is 19.5. The van der Waals surface area contributed by atoms with E-state index < -0.39 is 10.0 Å². The number of carbonyl (C=O) groups is 1. The van der Waals surface area contributed by atoms with Crippen LogP contribution in [0.5, 0.6) is 0 Å². The Labute approximate surface area is 168 Å². The summed E-state index contributed by atoms with van der Waals surface area (Å²) < 4.78 is 27.7. The number of nitrogens with one attached hydrogen (secondary N) is 1. The largest absolute Gasteiger partial charge is 0.339 e. The molecule has 2 heterocycles. The molecular weight excluding hydrogens is 386 g/mol. The van der Waals surface area contributed by atoms with Gasteiger partial charge < -0.3 is 10.2 Å². The minimum atomic E-state index is -3.62. The van der Waals surface area contributed by atoms with Crippen LogP contribution < -0.4 is 5.32 Å². The van der Waals surface area contributed by atoms with Crippen molar-refractivity contribution < 1.29 is 13.2 Å². The van der Waals surface area contributed by atoms with Crippen molar-refractivity contribution in [2.24, 2.45) is 5.92 Å². The monoisotopic (exact) mass is 415 g/mol. The summed E-state index contributed by atoms with van der Waals surface area (Å²) in [6.07, 6.45) is 4.73. The SMILES string of the molecule is CNCC1CCN(C(=O)c2ccccc2S(=O)(=O)N2CCCCC2)CC1.Cl. The number of hydrogen-bond donors (Lipinski definition) is 1. The molecule has 152 valence electrons. The second-order valence-corrected chi connectivity index (χ2v) is 9.16. The molecule has 0 saturated carbocycles. The molecular formula is C19H30ClN3O3S. The number of amides is 1. The highest BCUT2D eigenvalue weighted by atomic mass is 35.5. The first-order chi connectivity index (χ1) is 12.5. The highest BCUT2D eigenvalue weighted by Gasteiger charge is 2.32. The Kier molecular flexibility index (Phi) is 8.09. The van der Waals surface area contributed by atoms with Crippen molar-refractivity contribution in [3.8, 4) is 0 Å². The third-order valence-electron chi connectivity index (χ3n) is 5.44. The fourth-order valence-electron chi connectivity index (χ4n) is 3.91. The van der Waals surface area contributed by atoms with Gasteiger partial charge in [0.15, 0.2) is 0 Å². The first-order valence-corrected chi connectivity index (χ1v) is 11.0. The molecule has 3 rings (SSSR count). The molecule has 1 amide bonds. The maximum absolute atomic E-state index is 13.1. The number of piperidine rings is 2. The van der Waals surface area contributed by atoms with Crippen LogP contribution in [0.2, 0.25) is 0 Å². The Bertz CT molecular complexity index is 727. The van der Waals surface area contributed by atoms with Gasteiger partial charge >= 0.3 is 0 Å². The van der Waals surface area contributed by atoms with E-state index in [4.69, 9.17) is 0 Å². The predicted molar refractivity (Wildman–Crippen MR) is 109 cm³/mol. The molecule has 0 aliphatic carbocycles. The quantitative estimate of drug-likeness (QED) is 0.801. The fourth-order valence-corrected chi connectivity index (χ4v) is 5.61. The highest BCUT2D eigenvalue weighted by Crippen LogP contribution is 2.26. The lowest BCUT2D eigenvalue weighted by Crippen LogP contribution is -2.41. The Morgan fingerprint density at radius 2 is 1.70 bits per heavy atom. The first-order valence-electron chi connectivity index (χ1n) is 9.57. The number of hydrogen-bond acceptors (Lipinski definition) is 4. The number of benzene rings is 1. The van der Waals surface area contributed by atoms with E-state index in [0.29, 0.717) is 37.7 Å². The maximum Gasteiger partial charge on any atom is 0.255 e. The Hall–Kier alpha value is -1.15. The number of likely N-dealkylation sites (tertiary alicyclic amines) is 1. The van der Waals surface area contributed by atoms with Crippen LogP contribution in [0.1, 0.15) is 42.5 Å². The molecule has 2 aliphatic heterocycles. The minimum absolute atomic E-state index is 0. The van der Waals surface area contributed by atoms with Crippen molar-refractivity contribution in [3.63, 3.8) is 0 Å². The molecule has 1 N–H and O–H groups in total. The van der Waals surface area contributed by atoms with Crippen molar-refractivity contribution in [2.75, 3.05) is 39.8 Å². The van der Waals surface area contributed by atoms with Gasteiger partial charge in [-0.2, -0.15) is 4.31 Å². The summed E-state index contributed by atoms with van der Waals surface area (Å²) in [7, 11) is -1.68. The molecule has 2 saturated heterocycles. The van der Waals surface area contributed by atoms with Gasteiger partial charge in [0, 0.05) is 26.2 Å². The Morgan fingerprint density at radius 1 is 1.07 bits per heavy atom. The summed E-state index contributed by atoms with van der Waals surface area (Å²) in [5, 5.41) is 3.19. The van der Waals surface area contributed by atoms with Crippen molar-refractivity contribution in [3.05, 3.63) is 29.8 Å². The van der Waals surface area contributed by atoms with E-state index in [1.807, 2.05) is 7.05 Å². The highest BCUT2D eigenvalue weighted by molar-refractivity contribution is 7.89. The van der Waals surface area contributed by atoms with E-state index in [1.54, 1.807) is 29.2 Å². The molecule has 6 nitrogen and oxygen atoms in total. The van der Waals surface area contributed by atoms with Gasteiger partial charge in [0.05, 0.1) is 10.5 Å². The summed E-state index contributed by atoms with van der Waals surface area (Å²) in [6.45, 7) is 3.41. The molecule has 0 spiro atoms. The average molecular weight is 416 g/mol. The van der Waals surface area contributed by atoms with Gasteiger partial charge in [-0.25, -0.2) is 8.42 Å². The van der Waals surface area contributed by atoms with Gasteiger partial charge in [-0.1, -0.05) is 18.6 Å². The molecule has 8 heteroatoms. The van der Waals surface area contributed by atoms with Crippen LogP contribution in [0.4, 0.5) is 0 Å². The molecule has 1 aromatic rings. The summed E-state index contributed by atoms with van der Waals surface area (Å²) >= 11 is 0. The van der Waals surface area contributed by atoms with Gasteiger partial charge in [-0.3, -0.25) is 4.79 Å². The molecule has 0 unspecified atom stereocenters. The number of rotatable bonds is 5. The topological polar surface area (TPSA) is 69.7 Å². The summed E-state index contributed by atoms with van der Waals surface area (Å²) in [4.78, 5) is 15.0. The van der Waals surface area contributed by atoms with E-state index in [0.717, 1.165) is 38.6 Å². The molecule has 2 fully saturated rings. The van der Waals surface area contributed by atoms with Gasteiger partial charge in [0.2, 0.25) is 10.0 Å².